The Morgan fingerprint density at radius 1 is 0.630 bits per heavy atom. The number of hydrogen-bond acceptors (Lipinski definition) is 1. The number of hydrogen-bond donors (Lipinski definition) is 0. The molecule has 4 aromatic rings. The van der Waals surface area contributed by atoms with Gasteiger partial charge in [-0.2, -0.15) is 0 Å². The smallest absolute Gasteiger partial charge is 0.0823 e. The Labute approximate surface area is 159 Å². The average Bonchev–Trinajstić information content (AvgIpc) is 2.75. The number of pyridine rings is 1. The molecule has 0 unspecified atom stereocenters. The van der Waals surface area contributed by atoms with E-state index in [0.29, 0.717) is 6.04 Å². The summed E-state index contributed by atoms with van der Waals surface area (Å²) in [6.45, 7) is 0. The molecule has 0 bridgehead atoms. The van der Waals surface area contributed by atoms with Gasteiger partial charge >= 0.3 is 0 Å². The highest BCUT2D eigenvalue weighted by Gasteiger charge is 2.19. The topological polar surface area (TPSA) is 17.3 Å². The lowest BCUT2D eigenvalue weighted by molar-refractivity contribution is 0.366. The van der Waals surface area contributed by atoms with Gasteiger partial charge in [-0.05, 0) is 37.1 Å². The second-order valence-electron chi connectivity index (χ2n) is 7.49. The predicted octanol–water partition coefficient (Wildman–Crippen LogP) is 6.53. The van der Waals surface area contributed by atoms with Gasteiger partial charge < -0.3 is 4.57 Å². The molecular weight excluding hydrogens is 328 g/mol. The van der Waals surface area contributed by atoms with Crippen LogP contribution in [0.5, 0.6) is 0 Å². The third-order valence-corrected chi connectivity index (χ3v) is 5.77. The van der Waals surface area contributed by atoms with Gasteiger partial charge in [0.25, 0.3) is 0 Å². The summed E-state index contributed by atoms with van der Waals surface area (Å²) in [5.41, 5.74) is 3.61. The zero-order chi connectivity index (χ0) is 18.1. The van der Waals surface area contributed by atoms with E-state index in [0.717, 1.165) is 11.0 Å². The Kier molecular flexibility index (Phi) is 4.25. The van der Waals surface area contributed by atoms with Crippen molar-refractivity contribution < 1.29 is 0 Å². The van der Waals surface area contributed by atoms with Crippen LogP contribution >= 0.6 is 0 Å². The monoisotopic (exact) mass is 352 g/mol. The number of fused-ring (bicyclic) bond motifs is 2. The molecule has 0 spiro atoms. The lowest BCUT2D eigenvalue weighted by Gasteiger charge is -2.28. The van der Waals surface area contributed by atoms with Crippen LogP contribution in [0.4, 0.5) is 5.69 Å². The standard InChI is InChI=1S/C25H24N2/c1-3-11-19(12-4-1)26-25-21-15-7-9-17-23(21)27(20-13-5-2-6-14-20)24-18-10-8-16-22(24)25/h1,3-4,7-12,15-18,20H,2,5-6,13-14H2. The van der Waals surface area contributed by atoms with E-state index < -0.39 is 0 Å². The van der Waals surface area contributed by atoms with E-state index in [9.17, 15) is 0 Å². The van der Waals surface area contributed by atoms with E-state index in [1.807, 2.05) is 18.2 Å². The van der Waals surface area contributed by atoms with Crippen LogP contribution < -0.4 is 5.36 Å². The van der Waals surface area contributed by atoms with Gasteiger partial charge in [0.2, 0.25) is 0 Å². The van der Waals surface area contributed by atoms with Gasteiger partial charge in [-0.1, -0.05) is 73.9 Å². The summed E-state index contributed by atoms with van der Waals surface area (Å²) in [7, 11) is 0. The fraction of sp³-hybridized carbons (Fsp3) is 0.240. The Morgan fingerprint density at radius 2 is 1.19 bits per heavy atom. The zero-order valence-electron chi connectivity index (χ0n) is 15.5. The minimum atomic E-state index is 0.583. The molecule has 1 saturated carbocycles. The van der Waals surface area contributed by atoms with Crippen molar-refractivity contribution in [1.82, 2.24) is 4.57 Å². The Bertz CT molecular complexity index is 1090. The Morgan fingerprint density at radius 3 is 1.81 bits per heavy atom. The van der Waals surface area contributed by atoms with E-state index in [1.165, 1.54) is 53.9 Å². The second-order valence-corrected chi connectivity index (χ2v) is 7.49. The third-order valence-electron chi connectivity index (χ3n) is 5.77. The third kappa shape index (κ3) is 2.95. The first kappa shape index (κ1) is 16.3. The van der Waals surface area contributed by atoms with Crippen molar-refractivity contribution >= 4 is 27.5 Å². The summed E-state index contributed by atoms with van der Waals surface area (Å²) in [6.07, 6.45) is 6.57. The maximum atomic E-state index is 5.07. The average molecular weight is 352 g/mol. The zero-order valence-corrected chi connectivity index (χ0v) is 15.5. The van der Waals surface area contributed by atoms with Crippen LogP contribution in [0.25, 0.3) is 21.8 Å². The molecule has 0 amide bonds. The minimum Gasteiger partial charge on any atom is -0.337 e. The molecule has 1 heterocycles. The van der Waals surface area contributed by atoms with E-state index in [4.69, 9.17) is 4.99 Å². The van der Waals surface area contributed by atoms with Crippen LogP contribution in [0.3, 0.4) is 0 Å². The van der Waals surface area contributed by atoms with Crippen molar-refractivity contribution in [3.05, 3.63) is 84.2 Å². The molecule has 3 aromatic carbocycles. The van der Waals surface area contributed by atoms with Crippen LogP contribution in [-0.4, -0.2) is 4.57 Å². The van der Waals surface area contributed by atoms with Gasteiger partial charge in [0.15, 0.2) is 0 Å². The molecule has 5 rings (SSSR count). The summed E-state index contributed by atoms with van der Waals surface area (Å²) >= 11 is 0. The fourth-order valence-electron chi connectivity index (χ4n) is 4.53. The van der Waals surface area contributed by atoms with E-state index in [1.54, 1.807) is 0 Å². The first-order chi connectivity index (χ1) is 13.4. The Hall–Kier alpha value is -2.87. The molecule has 1 aliphatic carbocycles. The Balaban J connectivity index is 1.90. The predicted molar refractivity (Wildman–Crippen MR) is 113 cm³/mol. The molecule has 0 N–H and O–H groups in total. The molecule has 27 heavy (non-hydrogen) atoms. The van der Waals surface area contributed by atoms with Crippen LogP contribution in [0.15, 0.2) is 83.9 Å². The molecule has 0 aliphatic heterocycles. The van der Waals surface area contributed by atoms with E-state index in [-0.39, 0.29) is 0 Å². The van der Waals surface area contributed by atoms with Crippen LogP contribution in [0, 0.1) is 0 Å². The quantitative estimate of drug-likeness (QED) is 0.365. The van der Waals surface area contributed by atoms with E-state index >= 15 is 0 Å². The van der Waals surface area contributed by atoms with Crippen molar-refractivity contribution in [2.75, 3.05) is 0 Å². The molecule has 0 atom stereocenters. The molecule has 0 radical (unpaired) electrons. The van der Waals surface area contributed by atoms with Crippen molar-refractivity contribution in [3.63, 3.8) is 0 Å². The molecule has 1 fully saturated rings. The van der Waals surface area contributed by atoms with Gasteiger partial charge in [0, 0.05) is 16.8 Å². The summed E-state index contributed by atoms with van der Waals surface area (Å²) in [4.78, 5) is 5.07. The summed E-state index contributed by atoms with van der Waals surface area (Å²) in [5, 5.41) is 3.57. The van der Waals surface area contributed by atoms with Crippen molar-refractivity contribution in [2.45, 2.75) is 38.1 Å². The summed E-state index contributed by atoms with van der Waals surface area (Å²) in [6, 6.07) is 28.4. The van der Waals surface area contributed by atoms with Crippen molar-refractivity contribution in [3.8, 4) is 0 Å². The number of aromatic nitrogens is 1. The maximum Gasteiger partial charge on any atom is 0.0823 e. The van der Waals surface area contributed by atoms with Crippen LogP contribution in [-0.2, 0) is 0 Å². The van der Waals surface area contributed by atoms with Crippen molar-refractivity contribution in [1.29, 1.82) is 0 Å². The first-order valence-electron chi connectivity index (χ1n) is 10.0. The minimum absolute atomic E-state index is 0.583. The van der Waals surface area contributed by atoms with E-state index in [2.05, 4.69) is 65.2 Å². The number of rotatable bonds is 2. The normalized spacial score (nSPS) is 15.3. The van der Waals surface area contributed by atoms with Crippen LogP contribution in [0.2, 0.25) is 0 Å². The van der Waals surface area contributed by atoms with Crippen LogP contribution in [0.1, 0.15) is 38.1 Å². The molecule has 2 heteroatoms. The maximum absolute atomic E-state index is 5.07. The SMILES string of the molecule is c1ccc(N=c2c3ccccc3n(C3CCCCC3)c3ccccc23)cc1. The number of para-hydroxylation sites is 3. The highest BCUT2D eigenvalue weighted by Crippen LogP contribution is 2.33. The fourth-order valence-corrected chi connectivity index (χ4v) is 4.53. The molecule has 1 aliphatic rings. The first-order valence-corrected chi connectivity index (χ1v) is 10.0. The largest absolute Gasteiger partial charge is 0.337 e. The number of benzene rings is 3. The van der Waals surface area contributed by atoms with Gasteiger partial charge in [-0.15, -0.1) is 0 Å². The molecular formula is C25H24N2. The van der Waals surface area contributed by atoms with Gasteiger partial charge in [-0.25, -0.2) is 4.99 Å². The van der Waals surface area contributed by atoms with Crippen molar-refractivity contribution in [2.24, 2.45) is 4.99 Å². The van der Waals surface area contributed by atoms with Gasteiger partial charge in [0.05, 0.1) is 22.1 Å². The number of nitrogens with zero attached hydrogens (tertiary/aromatic N) is 2. The van der Waals surface area contributed by atoms with Gasteiger partial charge in [-0.3, -0.25) is 0 Å². The second kappa shape index (κ2) is 7.03. The highest BCUT2D eigenvalue weighted by atomic mass is 15.0. The lowest BCUT2D eigenvalue weighted by atomic mass is 9.94. The summed E-state index contributed by atoms with van der Waals surface area (Å²) < 4.78 is 2.59. The van der Waals surface area contributed by atoms with Gasteiger partial charge in [0.1, 0.15) is 0 Å². The summed E-state index contributed by atoms with van der Waals surface area (Å²) in [5.74, 6) is 0. The molecule has 134 valence electrons. The molecule has 0 saturated heterocycles. The highest BCUT2D eigenvalue weighted by molar-refractivity contribution is 5.93. The molecule has 1 aromatic heterocycles. The molecule has 2 nitrogen and oxygen atoms in total. The lowest BCUT2D eigenvalue weighted by Crippen LogP contribution is -2.18.